The van der Waals surface area contributed by atoms with Crippen LogP contribution in [0, 0.1) is 0 Å². The van der Waals surface area contributed by atoms with Crippen molar-refractivity contribution in [2.24, 2.45) is 0 Å². The summed E-state index contributed by atoms with van der Waals surface area (Å²) >= 11 is 11.4. The maximum Gasteiger partial charge on any atom is 0.231 e. The lowest BCUT2D eigenvalue weighted by atomic mass is 10.1. The Morgan fingerprint density at radius 3 is 2.93 bits per heavy atom. The molecule has 1 atom stereocenters. The summed E-state index contributed by atoms with van der Waals surface area (Å²) in [6, 6.07) is 3.31. The lowest BCUT2D eigenvalue weighted by Gasteiger charge is -2.08. The Morgan fingerprint density at radius 2 is 2.21 bits per heavy atom. The van der Waals surface area contributed by atoms with Crippen LogP contribution >= 0.6 is 23.2 Å². The minimum absolute atomic E-state index is 0.121. The Labute approximate surface area is 91.1 Å². The van der Waals surface area contributed by atoms with Gasteiger partial charge >= 0.3 is 0 Å². The van der Waals surface area contributed by atoms with E-state index in [4.69, 9.17) is 32.7 Å². The van der Waals surface area contributed by atoms with Crippen LogP contribution in [0.15, 0.2) is 12.1 Å². The van der Waals surface area contributed by atoms with Crippen molar-refractivity contribution >= 4 is 23.2 Å². The second-order valence-electron chi connectivity index (χ2n) is 2.91. The highest BCUT2D eigenvalue weighted by atomic mass is 35.5. The fraction of sp³-hybridized carbons (Fsp3) is 0.333. The summed E-state index contributed by atoms with van der Waals surface area (Å²) in [5.74, 6) is 1.20. The monoisotopic (exact) mass is 234 g/mol. The van der Waals surface area contributed by atoms with Crippen LogP contribution in [0.5, 0.6) is 11.5 Å². The lowest BCUT2D eigenvalue weighted by Crippen LogP contribution is -1.98. The van der Waals surface area contributed by atoms with Crippen LogP contribution < -0.4 is 9.47 Å². The van der Waals surface area contributed by atoms with Gasteiger partial charge in [0.1, 0.15) is 0 Å². The molecule has 0 saturated carbocycles. The number of hydrogen-bond donors (Lipinski definition) is 1. The van der Waals surface area contributed by atoms with Gasteiger partial charge in [-0.25, -0.2) is 0 Å². The fourth-order valence-corrected chi connectivity index (χ4v) is 1.72. The van der Waals surface area contributed by atoms with Crippen molar-refractivity contribution in [1.82, 2.24) is 0 Å². The zero-order valence-electron chi connectivity index (χ0n) is 7.17. The molecule has 0 saturated heterocycles. The van der Waals surface area contributed by atoms with Crippen molar-refractivity contribution < 1.29 is 14.6 Å². The standard InChI is InChI=1S/C9H8Cl2O3/c10-3-7(12)5-1-6(11)9-8(2-5)13-4-14-9/h1-2,7,12H,3-4H2. The van der Waals surface area contributed by atoms with Crippen molar-refractivity contribution in [1.29, 1.82) is 0 Å². The Balaban J connectivity index is 2.41. The van der Waals surface area contributed by atoms with Crippen molar-refractivity contribution in [3.05, 3.63) is 22.7 Å². The average molecular weight is 235 g/mol. The number of aliphatic hydroxyl groups is 1. The molecular formula is C9H8Cl2O3. The van der Waals surface area contributed by atoms with Gasteiger partial charge in [0.15, 0.2) is 11.5 Å². The van der Waals surface area contributed by atoms with Gasteiger partial charge in [0.2, 0.25) is 6.79 Å². The molecule has 1 aliphatic heterocycles. The lowest BCUT2D eigenvalue weighted by molar-refractivity contribution is 0.173. The first-order valence-electron chi connectivity index (χ1n) is 4.05. The number of halogens is 2. The number of ether oxygens (including phenoxy) is 2. The van der Waals surface area contributed by atoms with Crippen LogP contribution in [-0.2, 0) is 0 Å². The summed E-state index contributed by atoms with van der Waals surface area (Å²) in [4.78, 5) is 0. The highest BCUT2D eigenvalue weighted by Crippen LogP contribution is 2.41. The number of alkyl halides is 1. The van der Waals surface area contributed by atoms with Crippen LogP contribution in [0.3, 0.4) is 0 Å². The minimum atomic E-state index is -0.733. The zero-order valence-corrected chi connectivity index (χ0v) is 8.68. The fourth-order valence-electron chi connectivity index (χ4n) is 1.27. The van der Waals surface area contributed by atoms with Crippen LogP contribution in [0.4, 0.5) is 0 Å². The number of fused-ring (bicyclic) bond motifs is 1. The van der Waals surface area contributed by atoms with Crippen LogP contribution in [0.25, 0.3) is 0 Å². The van der Waals surface area contributed by atoms with E-state index < -0.39 is 6.10 Å². The number of rotatable bonds is 2. The van der Waals surface area contributed by atoms with Gasteiger partial charge < -0.3 is 14.6 Å². The summed E-state index contributed by atoms with van der Waals surface area (Å²) in [6.07, 6.45) is -0.733. The first-order valence-corrected chi connectivity index (χ1v) is 4.96. The van der Waals surface area contributed by atoms with E-state index in [1.54, 1.807) is 12.1 Å². The van der Waals surface area contributed by atoms with Crippen LogP contribution in [0.2, 0.25) is 5.02 Å². The Kier molecular flexibility index (Phi) is 2.72. The van der Waals surface area contributed by atoms with Gasteiger partial charge in [0, 0.05) is 0 Å². The molecule has 0 radical (unpaired) electrons. The van der Waals surface area contributed by atoms with E-state index in [1.807, 2.05) is 0 Å². The highest BCUT2D eigenvalue weighted by molar-refractivity contribution is 6.32. The van der Waals surface area contributed by atoms with E-state index in [2.05, 4.69) is 0 Å². The average Bonchev–Trinajstić information content (AvgIpc) is 2.64. The van der Waals surface area contributed by atoms with Gasteiger partial charge in [-0.1, -0.05) is 11.6 Å². The third-order valence-electron chi connectivity index (χ3n) is 1.98. The van der Waals surface area contributed by atoms with Gasteiger partial charge in [-0.05, 0) is 17.7 Å². The normalized spacial score (nSPS) is 15.6. The molecule has 1 aliphatic rings. The molecule has 1 aromatic rings. The molecule has 14 heavy (non-hydrogen) atoms. The van der Waals surface area contributed by atoms with Crippen LogP contribution in [0.1, 0.15) is 11.7 Å². The molecule has 0 aromatic heterocycles. The molecule has 1 aromatic carbocycles. The van der Waals surface area contributed by atoms with Crippen molar-refractivity contribution in [2.45, 2.75) is 6.10 Å². The predicted octanol–water partition coefficient (Wildman–Crippen LogP) is 2.34. The first-order chi connectivity index (χ1) is 6.72. The third-order valence-corrected chi connectivity index (χ3v) is 2.55. The van der Waals surface area contributed by atoms with E-state index in [9.17, 15) is 5.11 Å². The molecule has 0 aliphatic carbocycles. The van der Waals surface area contributed by atoms with Crippen molar-refractivity contribution in [3.8, 4) is 11.5 Å². The second kappa shape index (κ2) is 3.85. The Morgan fingerprint density at radius 1 is 1.43 bits per heavy atom. The molecule has 3 nitrogen and oxygen atoms in total. The van der Waals surface area contributed by atoms with Crippen molar-refractivity contribution in [2.75, 3.05) is 12.7 Å². The molecule has 2 rings (SSSR count). The molecule has 76 valence electrons. The molecule has 1 N–H and O–H groups in total. The van der Waals surface area contributed by atoms with E-state index in [-0.39, 0.29) is 12.7 Å². The Hall–Kier alpha value is -0.640. The maximum atomic E-state index is 9.50. The summed E-state index contributed by atoms with van der Waals surface area (Å²) in [5.41, 5.74) is 0.634. The summed E-state index contributed by atoms with van der Waals surface area (Å²) in [5, 5.41) is 9.93. The molecular weight excluding hydrogens is 227 g/mol. The van der Waals surface area contributed by atoms with E-state index in [1.165, 1.54) is 0 Å². The third kappa shape index (κ3) is 1.63. The highest BCUT2D eigenvalue weighted by Gasteiger charge is 2.20. The molecule has 5 heteroatoms. The Bertz CT molecular complexity index is 354. The maximum absolute atomic E-state index is 9.50. The largest absolute Gasteiger partial charge is 0.454 e. The number of hydrogen-bond acceptors (Lipinski definition) is 3. The van der Waals surface area contributed by atoms with Gasteiger partial charge in [0.05, 0.1) is 17.0 Å². The van der Waals surface area contributed by atoms with Crippen LogP contribution in [-0.4, -0.2) is 17.8 Å². The number of aliphatic hydroxyl groups excluding tert-OH is 1. The molecule has 0 spiro atoms. The predicted molar refractivity (Wildman–Crippen MR) is 53.3 cm³/mol. The van der Waals surface area contributed by atoms with Gasteiger partial charge in [-0.3, -0.25) is 0 Å². The van der Waals surface area contributed by atoms with Crippen molar-refractivity contribution in [3.63, 3.8) is 0 Å². The quantitative estimate of drug-likeness (QED) is 0.799. The van der Waals surface area contributed by atoms with Gasteiger partial charge in [-0.2, -0.15) is 0 Å². The molecule has 0 fully saturated rings. The van der Waals surface area contributed by atoms with E-state index in [0.29, 0.717) is 22.1 Å². The smallest absolute Gasteiger partial charge is 0.231 e. The van der Waals surface area contributed by atoms with Gasteiger partial charge in [-0.15, -0.1) is 11.6 Å². The SMILES string of the molecule is OC(CCl)c1cc(Cl)c2c(c1)OCO2. The first kappa shape index (κ1) is 9.90. The molecule has 0 bridgehead atoms. The second-order valence-corrected chi connectivity index (χ2v) is 3.62. The summed E-state index contributed by atoms with van der Waals surface area (Å²) in [6.45, 7) is 0.162. The van der Waals surface area contributed by atoms with E-state index in [0.717, 1.165) is 0 Å². The molecule has 1 heterocycles. The summed E-state index contributed by atoms with van der Waals surface area (Å²) < 4.78 is 10.3. The zero-order chi connectivity index (χ0) is 10.1. The van der Waals surface area contributed by atoms with E-state index >= 15 is 0 Å². The van der Waals surface area contributed by atoms with Gasteiger partial charge in [0.25, 0.3) is 0 Å². The topological polar surface area (TPSA) is 38.7 Å². The molecule has 0 amide bonds. The minimum Gasteiger partial charge on any atom is -0.454 e. The molecule has 1 unspecified atom stereocenters. The number of benzene rings is 1. The summed E-state index contributed by atoms with van der Waals surface area (Å²) in [7, 11) is 0.